The number of nitrogens with one attached hydrogen (secondary N) is 1. The molecule has 0 unspecified atom stereocenters. The van der Waals surface area contributed by atoms with Gasteiger partial charge in [0.05, 0.1) is 0 Å². The Morgan fingerprint density at radius 2 is 2.29 bits per heavy atom. The fraction of sp³-hybridized carbons (Fsp3) is 0.667. The van der Waals surface area contributed by atoms with E-state index in [-0.39, 0.29) is 5.78 Å². The number of nitrogens with zero attached hydrogens (tertiary/aromatic N) is 3. The molecule has 0 saturated carbocycles. The fourth-order valence-electron chi connectivity index (χ4n) is 1.85. The topological polar surface area (TPSA) is 59.8 Å². The first-order chi connectivity index (χ1) is 6.79. The lowest BCUT2D eigenvalue weighted by Gasteiger charge is -2.24. The van der Waals surface area contributed by atoms with Crippen LogP contribution < -0.4 is 5.32 Å². The normalized spacial score (nSPS) is 18.4. The largest absolute Gasteiger partial charge is 0.317 e. The van der Waals surface area contributed by atoms with Crippen molar-refractivity contribution in [3.63, 3.8) is 0 Å². The number of piperidine rings is 1. The molecule has 76 valence electrons. The number of hydrogen-bond acceptors (Lipinski definition) is 4. The van der Waals surface area contributed by atoms with Gasteiger partial charge in [-0.15, -0.1) is 10.2 Å². The zero-order valence-electron chi connectivity index (χ0n) is 8.23. The second-order valence-electron chi connectivity index (χ2n) is 3.60. The quantitative estimate of drug-likeness (QED) is 0.692. The molecule has 1 aliphatic heterocycles. The van der Waals surface area contributed by atoms with Crippen LogP contribution in [0.3, 0.4) is 0 Å². The SMILES string of the molecule is CC(=O)c1nncn1C1CCNCC1. The van der Waals surface area contributed by atoms with Gasteiger partial charge in [-0.2, -0.15) is 0 Å². The first-order valence-corrected chi connectivity index (χ1v) is 4.90. The summed E-state index contributed by atoms with van der Waals surface area (Å²) in [5.41, 5.74) is 0. The molecule has 0 spiro atoms. The van der Waals surface area contributed by atoms with E-state index >= 15 is 0 Å². The molecule has 1 aromatic rings. The first-order valence-electron chi connectivity index (χ1n) is 4.90. The van der Waals surface area contributed by atoms with Crippen molar-refractivity contribution in [2.24, 2.45) is 0 Å². The molecule has 1 aliphatic rings. The summed E-state index contributed by atoms with van der Waals surface area (Å²) < 4.78 is 1.91. The molecule has 0 aromatic carbocycles. The Morgan fingerprint density at radius 3 is 2.93 bits per heavy atom. The zero-order valence-corrected chi connectivity index (χ0v) is 8.23. The molecule has 5 heteroatoms. The smallest absolute Gasteiger partial charge is 0.199 e. The van der Waals surface area contributed by atoms with Gasteiger partial charge in [0.25, 0.3) is 0 Å². The predicted octanol–water partition coefficient (Wildman–Crippen LogP) is 0.405. The maximum Gasteiger partial charge on any atom is 0.199 e. The van der Waals surface area contributed by atoms with Gasteiger partial charge in [0.1, 0.15) is 6.33 Å². The summed E-state index contributed by atoms with van der Waals surface area (Å²) in [6.07, 6.45) is 3.74. The Balaban J connectivity index is 2.21. The molecule has 2 heterocycles. The van der Waals surface area contributed by atoms with Crippen molar-refractivity contribution in [1.29, 1.82) is 0 Å². The summed E-state index contributed by atoms with van der Waals surface area (Å²) in [5, 5.41) is 10.9. The number of rotatable bonds is 2. The minimum atomic E-state index is -0.0129. The van der Waals surface area contributed by atoms with Gasteiger partial charge in [0.15, 0.2) is 11.6 Å². The lowest BCUT2D eigenvalue weighted by molar-refractivity contribution is 0.0995. The monoisotopic (exact) mass is 194 g/mol. The highest BCUT2D eigenvalue weighted by atomic mass is 16.1. The highest BCUT2D eigenvalue weighted by Gasteiger charge is 2.19. The van der Waals surface area contributed by atoms with Crippen molar-refractivity contribution in [2.45, 2.75) is 25.8 Å². The van der Waals surface area contributed by atoms with Gasteiger partial charge >= 0.3 is 0 Å². The summed E-state index contributed by atoms with van der Waals surface area (Å²) in [4.78, 5) is 11.2. The van der Waals surface area contributed by atoms with Gasteiger partial charge in [-0.05, 0) is 25.9 Å². The van der Waals surface area contributed by atoms with E-state index in [1.165, 1.54) is 6.92 Å². The molecule has 1 saturated heterocycles. The van der Waals surface area contributed by atoms with Crippen molar-refractivity contribution >= 4 is 5.78 Å². The number of ketones is 1. The Kier molecular flexibility index (Phi) is 2.58. The number of carbonyl (C=O) groups excluding carboxylic acids is 1. The molecular weight excluding hydrogens is 180 g/mol. The van der Waals surface area contributed by atoms with E-state index in [2.05, 4.69) is 15.5 Å². The van der Waals surface area contributed by atoms with E-state index in [0.29, 0.717) is 11.9 Å². The third-order valence-corrected chi connectivity index (χ3v) is 2.59. The van der Waals surface area contributed by atoms with Crippen LogP contribution in [0.1, 0.15) is 36.4 Å². The minimum absolute atomic E-state index is 0.0129. The highest BCUT2D eigenvalue weighted by molar-refractivity contribution is 5.90. The third kappa shape index (κ3) is 1.68. The molecule has 0 radical (unpaired) electrons. The standard InChI is InChI=1S/C9H14N4O/c1-7(14)9-12-11-6-13(9)8-2-4-10-5-3-8/h6,8,10H,2-5H2,1H3. The van der Waals surface area contributed by atoms with Crippen molar-refractivity contribution < 1.29 is 4.79 Å². The maximum absolute atomic E-state index is 11.2. The van der Waals surface area contributed by atoms with Gasteiger partial charge in [0, 0.05) is 13.0 Å². The third-order valence-electron chi connectivity index (χ3n) is 2.59. The van der Waals surface area contributed by atoms with Crippen LogP contribution in [-0.4, -0.2) is 33.6 Å². The molecule has 1 aromatic heterocycles. The molecule has 0 atom stereocenters. The summed E-state index contributed by atoms with van der Waals surface area (Å²) >= 11 is 0. The number of carbonyl (C=O) groups is 1. The van der Waals surface area contributed by atoms with Gasteiger partial charge in [-0.1, -0.05) is 0 Å². The van der Waals surface area contributed by atoms with Crippen LogP contribution in [0.5, 0.6) is 0 Å². The molecule has 1 N–H and O–H groups in total. The molecular formula is C9H14N4O. The van der Waals surface area contributed by atoms with Gasteiger partial charge in [-0.3, -0.25) is 4.79 Å². The van der Waals surface area contributed by atoms with Gasteiger partial charge in [0.2, 0.25) is 0 Å². The Morgan fingerprint density at radius 1 is 1.57 bits per heavy atom. The fourth-order valence-corrected chi connectivity index (χ4v) is 1.85. The maximum atomic E-state index is 11.2. The average Bonchev–Trinajstić information content (AvgIpc) is 2.67. The number of aromatic nitrogens is 3. The summed E-state index contributed by atoms with van der Waals surface area (Å²) in [6.45, 7) is 3.53. The molecule has 0 amide bonds. The molecule has 1 fully saturated rings. The first kappa shape index (κ1) is 9.33. The van der Waals surface area contributed by atoms with Crippen LogP contribution in [0.4, 0.5) is 0 Å². The number of hydrogen-bond donors (Lipinski definition) is 1. The van der Waals surface area contributed by atoms with Gasteiger partial charge in [-0.25, -0.2) is 0 Å². The van der Waals surface area contributed by atoms with Crippen molar-refractivity contribution in [1.82, 2.24) is 20.1 Å². The predicted molar refractivity (Wildman–Crippen MR) is 51.2 cm³/mol. The van der Waals surface area contributed by atoms with E-state index in [1.54, 1.807) is 6.33 Å². The van der Waals surface area contributed by atoms with E-state index in [4.69, 9.17) is 0 Å². The highest BCUT2D eigenvalue weighted by Crippen LogP contribution is 2.19. The van der Waals surface area contributed by atoms with Crippen LogP contribution >= 0.6 is 0 Å². The van der Waals surface area contributed by atoms with Crippen LogP contribution in [0.2, 0.25) is 0 Å². The Hall–Kier alpha value is -1.23. The van der Waals surface area contributed by atoms with E-state index in [1.807, 2.05) is 4.57 Å². The summed E-state index contributed by atoms with van der Waals surface area (Å²) in [6, 6.07) is 0.380. The number of Topliss-reactive ketones (excluding diaryl/α,β-unsaturated/α-hetero) is 1. The Bertz CT molecular complexity index is 327. The van der Waals surface area contributed by atoms with E-state index < -0.39 is 0 Å². The second kappa shape index (κ2) is 3.88. The van der Waals surface area contributed by atoms with Crippen molar-refractivity contribution in [3.8, 4) is 0 Å². The van der Waals surface area contributed by atoms with Crippen molar-refractivity contribution in [3.05, 3.63) is 12.2 Å². The van der Waals surface area contributed by atoms with Crippen LogP contribution in [0.15, 0.2) is 6.33 Å². The average molecular weight is 194 g/mol. The van der Waals surface area contributed by atoms with Crippen LogP contribution in [0, 0.1) is 0 Å². The Labute approximate surface area is 82.5 Å². The molecule has 0 bridgehead atoms. The van der Waals surface area contributed by atoms with Crippen LogP contribution in [0.25, 0.3) is 0 Å². The lowest BCUT2D eigenvalue weighted by Crippen LogP contribution is -2.30. The summed E-state index contributed by atoms with van der Waals surface area (Å²) in [7, 11) is 0. The zero-order chi connectivity index (χ0) is 9.97. The lowest BCUT2D eigenvalue weighted by atomic mass is 10.1. The van der Waals surface area contributed by atoms with Crippen LogP contribution in [-0.2, 0) is 0 Å². The summed E-state index contributed by atoms with van der Waals surface area (Å²) in [5.74, 6) is 0.470. The molecule has 5 nitrogen and oxygen atoms in total. The molecule has 14 heavy (non-hydrogen) atoms. The van der Waals surface area contributed by atoms with Crippen molar-refractivity contribution in [2.75, 3.05) is 13.1 Å². The second-order valence-corrected chi connectivity index (χ2v) is 3.60. The molecule has 0 aliphatic carbocycles. The minimum Gasteiger partial charge on any atom is -0.317 e. The van der Waals surface area contributed by atoms with Gasteiger partial charge < -0.3 is 9.88 Å². The van der Waals surface area contributed by atoms with E-state index in [9.17, 15) is 4.79 Å². The van der Waals surface area contributed by atoms with E-state index in [0.717, 1.165) is 25.9 Å². The molecule has 2 rings (SSSR count).